The second-order valence-corrected chi connectivity index (χ2v) is 9.86. The van der Waals surface area contributed by atoms with Crippen LogP contribution in [0.5, 0.6) is 5.75 Å². The Bertz CT molecular complexity index is 1040. The Labute approximate surface area is 198 Å². The summed E-state index contributed by atoms with van der Waals surface area (Å²) < 4.78 is 5.23. The molecular weight excluding hydrogens is 436 g/mol. The fraction of sp³-hybridized carbons (Fsp3) is 0.308. The van der Waals surface area contributed by atoms with Crippen LogP contribution in [0.4, 0.5) is 10.8 Å². The first-order chi connectivity index (χ1) is 15.7. The Balaban J connectivity index is 1.50. The van der Waals surface area contributed by atoms with Gasteiger partial charge in [0.05, 0.1) is 18.5 Å². The van der Waals surface area contributed by atoms with Crippen LogP contribution in [-0.4, -0.2) is 23.8 Å². The number of thiazole rings is 1. The second-order valence-electron chi connectivity index (χ2n) is 7.93. The maximum atomic E-state index is 12.7. The summed E-state index contributed by atoms with van der Waals surface area (Å²) in [5, 5.41) is 2.60. The summed E-state index contributed by atoms with van der Waals surface area (Å²) in [6, 6.07) is 16.0. The van der Waals surface area contributed by atoms with E-state index in [0.717, 1.165) is 28.6 Å². The molecule has 1 fully saturated rings. The molecule has 2 aromatic carbocycles. The van der Waals surface area contributed by atoms with Gasteiger partial charge in [0.2, 0.25) is 0 Å². The number of hydrogen-bond acceptors (Lipinski definition) is 5. The lowest BCUT2D eigenvalue weighted by molar-refractivity contribution is -0.113. The van der Waals surface area contributed by atoms with Gasteiger partial charge >= 0.3 is 0 Å². The maximum Gasteiger partial charge on any atom is 0.256 e. The van der Waals surface area contributed by atoms with Crippen molar-refractivity contribution in [1.82, 2.24) is 4.98 Å². The SMILES string of the molecule is C=CC(=O)N(c1ccc(SCC2CCCCC2)cc1)c1nc(-c2ccc(OC)cc2)cs1. The molecule has 6 heteroatoms. The van der Waals surface area contributed by atoms with Crippen LogP contribution in [0.25, 0.3) is 11.3 Å². The molecule has 0 saturated heterocycles. The van der Waals surface area contributed by atoms with E-state index in [1.165, 1.54) is 60.2 Å². The summed E-state index contributed by atoms with van der Waals surface area (Å²) >= 11 is 3.36. The summed E-state index contributed by atoms with van der Waals surface area (Å²) in [7, 11) is 1.65. The first-order valence-corrected chi connectivity index (χ1v) is 12.8. The van der Waals surface area contributed by atoms with E-state index in [9.17, 15) is 4.79 Å². The van der Waals surface area contributed by atoms with Crippen LogP contribution in [0.1, 0.15) is 32.1 Å². The van der Waals surface area contributed by atoms with Gasteiger partial charge in [0.15, 0.2) is 5.13 Å². The van der Waals surface area contributed by atoms with Gasteiger partial charge in [-0.15, -0.1) is 23.1 Å². The fourth-order valence-corrected chi connectivity index (χ4v) is 5.89. The number of amides is 1. The van der Waals surface area contributed by atoms with E-state index < -0.39 is 0 Å². The number of carbonyl (C=O) groups is 1. The molecule has 0 aliphatic heterocycles. The monoisotopic (exact) mass is 464 g/mol. The van der Waals surface area contributed by atoms with Crippen molar-refractivity contribution in [1.29, 1.82) is 0 Å². The molecule has 1 aliphatic carbocycles. The molecule has 0 spiro atoms. The summed E-state index contributed by atoms with van der Waals surface area (Å²) in [5.74, 6) is 2.61. The summed E-state index contributed by atoms with van der Waals surface area (Å²) in [6.45, 7) is 3.68. The van der Waals surface area contributed by atoms with Crippen LogP contribution in [0.2, 0.25) is 0 Å². The van der Waals surface area contributed by atoms with Gasteiger partial charge in [0, 0.05) is 21.6 Å². The summed E-state index contributed by atoms with van der Waals surface area (Å²) in [5.41, 5.74) is 2.61. The molecule has 0 radical (unpaired) electrons. The van der Waals surface area contributed by atoms with E-state index in [-0.39, 0.29) is 5.91 Å². The van der Waals surface area contributed by atoms with Crippen LogP contribution in [0, 0.1) is 5.92 Å². The van der Waals surface area contributed by atoms with Gasteiger partial charge in [-0.3, -0.25) is 9.69 Å². The number of benzene rings is 2. The molecule has 1 heterocycles. The van der Waals surface area contributed by atoms with E-state index in [1.807, 2.05) is 53.5 Å². The van der Waals surface area contributed by atoms with Crippen molar-refractivity contribution in [2.75, 3.05) is 17.8 Å². The predicted molar refractivity (Wildman–Crippen MR) is 135 cm³/mol. The second kappa shape index (κ2) is 10.8. The van der Waals surface area contributed by atoms with Gasteiger partial charge in [0.25, 0.3) is 5.91 Å². The van der Waals surface area contributed by atoms with Crippen LogP contribution < -0.4 is 9.64 Å². The van der Waals surface area contributed by atoms with Gasteiger partial charge in [-0.05, 0) is 73.4 Å². The van der Waals surface area contributed by atoms with Crippen molar-refractivity contribution in [3.63, 3.8) is 0 Å². The predicted octanol–water partition coefficient (Wildman–Crippen LogP) is 7.34. The van der Waals surface area contributed by atoms with Crippen molar-refractivity contribution in [3.05, 3.63) is 66.6 Å². The third-order valence-electron chi connectivity index (χ3n) is 5.77. The molecule has 32 heavy (non-hydrogen) atoms. The van der Waals surface area contributed by atoms with Crippen molar-refractivity contribution < 1.29 is 9.53 Å². The molecular formula is C26H28N2O2S2. The number of anilines is 2. The Morgan fingerprint density at radius 3 is 2.53 bits per heavy atom. The maximum absolute atomic E-state index is 12.7. The molecule has 4 nitrogen and oxygen atoms in total. The number of thioether (sulfide) groups is 1. The van der Waals surface area contributed by atoms with Crippen molar-refractivity contribution in [2.24, 2.45) is 5.92 Å². The Morgan fingerprint density at radius 2 is 1.88 bits per heavy atom. The molecule has 0 N–H and O–H groups in total. The number of hydrogen-bond donors (Lipinski definition) is 0. The lowest BCUT2D eigenvalue weighted by Gasteiger charge is -2.21. The zero-order valence-corrected chi connectivity index (χ0v) is 20.0. The third-order valence-corrected chi connectivity index (χ3v) is 7.84. The lowest BCUT2D eigenvalue weighted by Crippen LogP contribution is -2.23. The van der Waals surface area contributed by atoms with Gasteiger partial charge in [0.1, 0.15) is 5.75 Å². The smallest absolute Gasteiger partial charge is 0.256 e. The highest BCUT2D eigenvalue weighted by Crippen LogP contribution is 2.35. The number of carbonyl (C=O) groups excluding carboxylic acids is 1. The molecule has 4 rings (SSSR count). The molecule has 1 aromatic heterocycles. The van der Waals surface area contributed by atoms with E-state index in [1.54, 1.807) is 12.0 Å². The van der Waals surface area contributed by atoms with Crippen molar-refractivity contribution in [2.45, 2.75) is 37.0 Å². The lowest BCUT2D eigenvalue weighted by atomic mass is 9.91. The van der Waals surface area contributed by atoms with Gasteiger partial charge in [-0.2, -0.15) is 0 Å². The highest BCUT2D eigenvalue weighted by atomic mass is 32.2. The Hall–Kier alpha value is -2.57. The standard InChI is InChI=1S/C26H28N2O2S2/c1-3-25(29)28(26-27-24(18-32-26)20-9-13-22(30-2)14-10-20)21-11-15-23(16-12-21)31-17-19-7-5-4-6-8-19/h3,9-16,18-19H,1,4-8,17H2,2H3. The van der Waals surface area contributed by atoms with Crippen LogP contribution in [-0.2, 0) is 4.79 Å². The van der Waals surface area contributed by atoms with E-state index >= 15 is 0 Å². The van der Waals surface area contributed by atoms with Gasteiger partial charge in [-0.25, -0.2) is 4.98 Å². The zero-order valence-electron chi connectivity index (χ0n) is 18.3. The average molecular weight is 465 g/mol. The Morgan fingerprint density at radius 1 is 1.16 bits per heavy atom. The summed E-state index contributed by atoms with van der Waals surface area (Å²) in [4.78, 5) is 20.3. The quantitative estimate of drug-likeness (QED) is 0.258. The molecule has 3 aromatic rings. The average Bonchev–Trinajstić information content (AvgIpc) is 3.34. The normalized spacial score (nSPS) is 14.2. The third kappa shape index (κ3) is 5.43. The highest BCUT2D eigenvalue weighted by Gasteiger charge is 2.20. The van der Waals surface area contributed by atoms with E-state index in [0.29, 0.717) is 5.13 Å². The first kappa shape index (κ1) is 22.6. The van der Waals surface area contributed by atoms with E-state index in [4.69, 9.17) is 9.72 Å². The Kier molecular flexibility index (Phi) is 7.66. The fourth-order valence-electron chi connectivity index (χ4n) is 3.94. The summed E-state index contributed by atoms with van der Waals surface area (Å²) in [6.07, 6.45) is 8.17. The molecule has 0 bridgehead atoms. The number of ether oxygens (including phenoxy) is 1. The molecule has 1 aliphatic rings. The number of rotatable bonds is 8. The van der Waals surface area contributed by atoms with Crippen LogP contribution in [0.3, 0.4) is 0 Å². The minimum absolute atomic E-state index is 0.191. The zero-order chi connectivity index (χ0) is 22.3. The van der Waals surface area contributed by atoms with E-state index in [2.05, 4.69) is 18.7 Å². The number of methoxy groups -OCH3 is 1. The van der Waals surface area contributed by atoms with Crippen LogP contribution >= 0.6 is 23.1 Å². The number of aromatic nitrogens is 1. The van der Waals surface area contributed by atoms with Gasteiger partial charge < -0.3 is 4.74 Å². The number of nitrogens with zero attached hydrogens (tertiary/aromatic N) is 2. The molecule has 166 valence electrons. The van der Waals surface area contributed by atoms with Crippen molar-refractivity contribution in [3.8, 4) is 17.0 Å². The first-order valence-electron chi connectivity index (χ1n) is 11.0. The molecule has 0 unspecified atom stereocenters. The van der Waals surface area contributed by atoms with Gasteiger partial charge in [-0.1, -0.05) is 25.8 Å². The van der Waals surface area contributed by atoms with Crippen molar-refractivity contribution >= 4 is 39.8 Å². The van der Waals surface area contributed by atoms with Crippen LogP contribution in [0.15, 0.2) is 71.5 Å². The molecule has 1 saturated carbocycles. The topological polar surface area (TPSA) is 42.4 Å². The molecule has 0 atom stereocenters. The largest absolute Gasteiger partial charge is 0.497 e. The highest BCUT2D eigenvalue weighted by molar-refractivity contribution is 7.99. The molecule has 1 amide bonds. The minimum atomic E-state index is -0.191. The minimum Gasteiger partial charge on any atom is -0.497 e.